The minimum atomic E-state index is -0.771. The normalized spacial score (nSPS) is 18.9. The SMILES string of the molecule is O=C(O)CC1(CC(O)c2cc(Br)ccc2Br)CCCC1. The topological polar surface area (TPSA) is 57.5 Å². The number of hydrogen-bond acceptors (Lipinski definition) is 2. The van der Waals surface area contributed by atoms with E-state index in [1.807, 2.05) is 18.2 Å². The highest BCUT2D eigenvalue weighted by Crippen LogP contribution is 2.48. The van der Waals surface area contributed by atoms with Crippen LogP contribution in [0.3, 0.4) is 0 Å². The van der Waals surface area contributed by atoms with Gasteiger partial charge in [-0.2, -0.15) is 0 Å². The Morgan fingerprint density at radius 1 is 1.30 bits per heavy atom. The Kier molecular flexibility index (Phi) is 5.26. The van der Waals surface area contributed by atoms with Crippen molar-refractivity contribution in [1.82, 2.24) is 0 Å². The summed E-state index contributed by atoms with van der Waals surface area (Å²) in [5, 5.41) is 19.6. The first-order valence-electron chi connectivity index (χ1n) is 6.77. The molecule has 5 heteroatoms. The first kappa shape index (κ1) is 16.0. The Labute approximate surface area is 135 Å². The highest BCUT2D eigenvalue weighted by Gasteiger charge is 2.38. The van der Waals surface area contributed by atoms with Crippen molar-refractivity contribution in [2.75, 3.05) is 0 Å². The standard InChI is InChI=1S/C15H18Br2O3/c16-10-3-4-12(17)11(7-10)13(18)8-15(9-14(19)20)5-1-2-6-15/h3-4,7,13,18H,1-2,5-6,8-9H2,(H,19,20). The molecule has 2 rings (SSSR count). The molecule has 0 saturated heterocycles. The lowest BCUT2D eigenvalue weighted by Gasteiger charge is -2.30. The number of carboxylic acid groups (broad SMARTS) is 1. The monoisotopic (exact) mass is 404 g/mol. The average molecular weight is 406 g/mol. The van der Waals surface area contributed by atoms with E-state index in [0.717, 1.165) is 40.2 Å². The molecule has 1 aromatic carbocycles. The molecule has 0 aliphatic heterocycles. The van der Waals surface area contributed by atoms with E-state index in [0.29, 0.717) is 6.42 Å². The molecule has 110 valence electrons. The number of aliphatic hydroxyl groups excluding tert-OH is 1. The molecular weight excluding hydrogens is 388 g/mol. The lowest BCUT2D eigenvalue weighted by molar-refractivity contribution is -0.140. The van der Waals surface area contributed by atoms with Crippen LogP contribution < -0.4 is 0 Å². The van der Waals surface area contributed by atoms with Crippen molar-refractivity contribution in [3.05, 3.63) is 32.7 Å². The van der Waals surface area contributed by atoms with Gasteiger partial charge in [0.1, 0.15) is 0 Å². The van der Waals surface area contributed by atoms with E-state index < -0.39 is 12.1 Å². The van der Waals surface area contributed by atoms with Gasteiger partial charge in [-0.05, 0) is 48.4 Å². The summed E-state index contributed by atoms with van der Waals surface area (Å²) in [5.74, 6) is -0.771. The molecule has 1 aliphatic rings. The van der Waals surface area contributed by atoms with Crippen LogP contribution in [0.2, 0.25) is 0 Å². The van der Waals surface area contributed by atoms with Crippen LogP contribution in [0.4, 0.5) is 0 Å². The Balaban J connectivity index is 2.18. The zero-order chi connectivity index (χ0) is 14.8. The van der Waals surface area contributed by atoms with Gasteiger partial charge >= 0.3 is 5.97 Å². The van der Waals surface area contributed by atoms with Gasteiger partial charge in [0.15, 0.2) is 0 Å². The van der Waals surface area contributed by atoms with Gasteiger partial charge in [0.25, 0.3) is 0 Å². The number of aliphatic carboxylic acids is 1. The van der Waals surface area contributed by atoms with E-state index in [1.54, 1.807) is 0 Å². The maximum Gasteiger partial charge on any atom is 0.303 e. The molecule has 0 spiro atoms. The predicted octanol–water partition coefficient (Wildman–Crippen LogP) is 4.67. The summed E-state index contributed by atoms with van der Waals surface area (Å²) < 4.78 is 1.77. The van der Waals surface area contributed by atoms with Crippen molar-refractivity contribution in [2.24, 2.45) is 5.41 Å². The Morgan fingerprint density at radius 3 is 2.55 bits per heavy atom. The van der Waals surface area contributed by atoms with E-state index in [2.05, 4.69) is 31.9 Å². The van der Waals surface area contributed by atoms with Crippen molar-refractivity contribution in [1.29, 1.82) is 0 Å². The second-order valence-electron chi connectivity index (χ2n) is 5.66. The number of halogens is 2. The van der Waals surface area contributed by atoms with Gasteiger partial charge in [-0.15, -0.1) is 0 Å². The fraction of sp³-hybridized carbons (Fsp3) is 0.533. The van der Waals surface area contributed by atoms with Crippen molar-refractivity contribution in [3.63, 3.8) is 0 Å². The second-order valence-corrected chi connectivity index (χ2v) is 7.43. The summed E-state index contributed by atoms with van der Waals surface area (Å²) in [6.45, 7) is 0. The highest BCUT2D eigenvalue weighted by molar-refractivity contribution is 9.11. The van der Waals surface area contributed by atoms with Crippen LogP contribution >= 0.6 is 31.9 Å². The molecular formula is C15H18Br2O3. The number of benzene rings is 1. The van der Waals surface area contributed by atoms with E-state index in [1.165, 1.54) is 0 Å². The van der Waals surface area contributed by atoms with Gasteiger partial charge in [-0.3, -0.25) is 4.79 Å². The molecule has 0 aromatic heterocycles. The molecule has 1 aromatic rings. The summed E-state index contributed by atoms with van der Waals surface area (Å²) in [6.07, 6.45) is 3.91. The molecule has 0 radical (unpaired) electrons. The van der Waals surface area contributed by atoms with Gasteiger partial charge in [-0.25, -0.2) is 0 Å². The van der Waals surface area contributed by atoms with Crippen LogP contribution in [-0.4, -0.2) is 16.2 Å². The lowest BCUT2D eigenvalue weighted by atomic mass is 9.76. The third-order valence-corrected chi connectivity index (χ3v) is 5.35. The zero-order valence-electron chi connectivity index (χ0n) is 11.1. The molecule has 0 heterocycles. The van der Waals surface area contributed by atoms with Crippen molar-refractivity contribution >= 4 is 37.8 Å². The zero-order valence-corrected chi connectivity index (χ0v) is 14.3. The summed E-state index contributed by atoms with van der Waals surface area (Å²) in [4.78, 5) is 11.1. The van der Waals surface area contributed by atoms with Crippen LogP contribution in [-0.2, 0) is 4.79 Å². The fourth-order valence-electron chi connectivity index (χ4n) is 3.19. The van der Waals surface area contributed by atoms with Crippen LogP contribution in [0.25, 0.3) is 0 Å². The van der Waals surface area contributed by atoms with E-state index in [4.69, 9.17) is 5.11 Å². The number of aliphatic hydroxyl groups is 1. The molecule has 1 atom stereocenters. The van der Waals surface area contributed by atoms with E-state index in [-0.39, 0.29) is 11.8 Å². The van der Waals surface area contributed by atoms with E-state index in [9.17, 15) is 9.90 Å². The Hall–Kier alpha value is -0.390. The molecule has 1 saturated carbocycles. The first-order valence-corrected chi connectivity index (χ1v) is 8.35. The van der Waals surface area contributed by atoms with Crippen molar-refractivity contribution < 1.29 is 15.0 Å². The smallest absolute Gasteiger partial charge is 0.303 e. The quantitative estimate of drug-likeness (QED) is 0.748. The summed E-state index contributed by atoms with van der Waals surface area (Å²) in [5.41, 5.74) is 0.559. The van der Waals surface area contributed by atoms with Crippen LogP contribution in [0.5, 0.6) is 0 Å². The molecule has 1 unspecified atom stereocenters. The molecule has 20 heavy (non-hydrogen) atoms. The second kappa shape index (κ2) is 6.58. The number of carboxylic acids is 1. The average Bonchev–Trinajstić information content (AvgIpc) is 2.79. The molecule has 1 fully saturated rings. The van der Waals surface area contributed by atoms with E-state index >= 15 is 0 Å². The molecule has 3 nitrogen and oxygen atoms in total. The summed E-state index contributed by atoms with van der Waals surface area (Å²) in [7, 11) is 0. The third-order valence-electron chi connectivity index (χ3n) is 4.13. The summed E-state index contributed by atoms with van der Waals surface area (Å²) >= 11 is 6.86. The number of rotatable bonds is 5. The highest BCUT2D eigenvalue weighted by atomic mass is 79.9. The van der Waals surface area contributed by atoms with Gasteiger partial charge in [0.2, 0.25) is 0 Å². The van der Waals surface area contributed by atoms with Crippen molar-refractivity contribution in [2.45, 2.75) is 44.6 Å². The molecule has 0 amide bonds. The maximum absolute atomic E-state index is 11.1. The number of carbonyl (C=O) groups is 1. The Morgan fingerprint density at radius 2 is 1.95 bits per heavy atom. The van der Waals surface area contributed by atoms with Gasteiger partial charge in [0, 0.05) is 8.95 Å². The van der Waals surface area contributed by atoms with Crippen LogP contribution in [0, 0.1) is 5.41 Å². The first-order chi connectivity index (χ1) is 9.42. The van der Waals surface area contributed by atoms with Crippen LogP contribution in [0.1, 0.15) is 50.2 Å². The summed E-state index contributed by atoms with van der Waals surface area (Å²) in [6, 6.07) is 5.68. The third kappa shape index (κ3) is 3.83. The maximum atomic E-state index is 11.1. The largest absolute Gasteiger partial charge is 0.481 e. The molecule has 2 N–H and O–H groups in total. The van der Waals surface area contributed by atoms with Gasteiger partial charge < -0.3 is 10.2 Å². The minimum Gasteiger partial charge on any atom is -0.481 e. The fourth-order valence-corrected chi connectivity index (χ4v) is 4.08. The molecule has 1 aliphatic carbocycles. The van der Waals surface area contributed by atoms with Gasteiger partial charge in [0.05, 0.1) is 12.5 Å². The number of hydrogen-bond donors (Lipinski definition) is 2. The Bertz CT molecular complexity index is 496. The van der Waals surface area contributed by atoms with Crippen LogP contribution in [0.15, 0.2) is 27.1 Å². The predicted molar refractivity (Wildman–Crippen MR) is 84.6 cm³/mol. The minimum absolute atomic E-state index is 0.148. The van der Waals surface area contributed by atoms with Gasteiger partial charge in [-0.1, -0.05) is 44.7 Å². The van der Waals surface area contributed by atoms with Crippen molar-refractivity contribution in [3.8, 4) is 0 Å². The lowest BCUT2D eigenvalue weighted by Crippen LogP contribution is -2.24. The molecule has 0 bridgehead atoms.